The third-order valence-electron chi connectivity index (χ3n) is 2.69. The van der Waals surface area contributed by atoms with Gasteiger partial charge in [-0.15, -0.1) is 0 Å². The van der Waals surface area contributed by atoms with E-state index in [-0.39, 0.29) is 18.4 Å². The monoisotopic (exact) mass is 241 g/mol. The summed E-state index contributed by atoms with van der Waals surface area (Å²) in [7, 11) is 0. The van der Waals surface area contributed by atoms with Gasteiger partial charge in [0.15, 0.2) is 0 Å². The van der Waals surface area contributed by atoms with Gasteiger partial charge >= 0.3 is 0 Å². The van der Waals surface area contributed by atoms with Crippen LogP contribution in [-0.2, 0) is 0 Å². The van der Waals surface area contributed by atoms with Crippen molar-refractivity contribution in [2.75, 3.05) is 6.61 Å². The highest BCUT2D eigenvalue weighted by Crippen LogP contribution is 2.18. The molecule has 0 aliphatic heterocycles. The van der Waals surface area contributed by atoms with E-state index in [9.17, 15) is 10.2 Å². The van der Waals surface area contributed by atoms with Crippen LogP contribution in [0, 0.1) is 0 Å². The summed E-state index contributed by atoms with van der Waals surface area (Å²) in [5.41, 5.74) is 1.60. The van der Waals surface area contributed by atoms with Gasteiger partial charge in [-0.2, -0.15) is 0 Å². The second-order valence-corrected chi connectivity index (χ2v) is 3.95. The van der Waals surface area contributed by atoms with Crippen LogP contribution in [0.25, 0.3) is 0 Å². The van der Waals surface area contributed by atoms with Gasteiger partial charge in [-0.25, -0.2) is 0 Å². The van der Waals surface area contributed by atoms with Crippen molar-refractivity contribution >= 4 is 6.21 Å². The van der Waals surface area contributed by atoms with Crippen molar-refractivity contribution in [1.82, 2.24) is 0 Å². The average Bonchev–Trinajstić information content (AvgIpc) is 2.42. The van der Waals surface area contributed by atoms with E-state index < -0.39 is 0 Å². The number of para-hydroxylation sites is 1. The van der Waals surface area contributed by atoms with Crippen molar-refractivity contribution in [2.45, 2.75) is 6.04 Å². The molecule has 2 rings (SSSR count). The van der Waals surface area contributed by atoms with E-state index in [1.54, 1.807) is 24.4 Å². The fourth-order valence-electron chi connectivity index (χ4n) is 1.68. The standard InChI is InChI=1S/C15H15NO2/c17-11-14(12-6-2-1-3-7-12)16-10-13-8-4-5-9-15(13)18/h1-10,14,17-18H,11H2/t14-/m0/s1. The number of rotatable bonds is 4. The van der Waals surface area contributed by atoms with Gasteiger partial charge in [0.25, 0.3) is 0 Å². The molecule has 0 saturated carbocycles. The molecular formula is C15H15NO2. The Balaban J connectivity index is 2.19. The molecule has 3 heteroatoms. The smallest absolute Gasteiger partial charge is 0.124 e. The van der Waals surface area contributed by atoms with Gasteiger partial charge in [-0.3, -0.25) is 4.99 Å². The minimum absolute atomic E-state index is 0.0614. The molecule has 3 nitrogen and oxygen atoms in total. The Morgan fingerprint density at radius 3 is 2.33 bits per heavy atom. The maximum Gasteiger partial charge on any atom is 0.124 e. The van der Waals surface area contributed by atoms with Crippen molar-refractivity contribution in [3.63, 3.8) is 0 Å². The Bertz CT molecular complexity index is 523. The first kappa shape index (κ1) is 12.3. The first-order valence-electron chi connectivity index (χ1n) is 5.78. The molecule has 2 aromatic carbocycles. The summed E-state index contributed by atoms with van der Waals surface area (Å²) in [6.45, 7) is -0.0614. The van der Waals surface area contributed by atoms with Crippen LogP contribution in [-0.4, -0.2) is 23.0 Å². The molecule has 0 saturated heterocycles. The van der Waals surface area contributed by atoms with E-state index in [1.807, 2.05) is 36.4 Å². The SMILES string of the molecule is OC[C@H](N=Cc1ccccc1O)c1ccccc1. The Morgan fingerprint density at radius 2 is 1.67 bits per heavy atom. The van der Waals surface area contributed by atoms with Crippen LogP contribution in [0.4, 0.5) is 0 Å². The van der Waals surface area contributed by atoms with Gasteiger partial charge in [0, 0.05) is 11.8 Å². The Kier molecular flexibility index (Phi) is 4.10. The number of hydrogen-bond donors (Lipinski definition) is 2. The van der Waals surface area contributed by atoms with Crippen LogP contribution in [0.1, 0.15) is 17.2 Å². The third kappa shape index (κ3) is 2.96. The second kappa shape index (κ2) is 5.98. The van der Waals surface area contributed by atoms with Crippen molar-refractivity contribution in [3.05, 3.63) is 65.7 Å². The lowest BCUT2D eigenvalue weighted by Crippen LogP contribution is -2.01. The number of phenols is 1. The summed E-state index contributed by atoms with van der Waals surface area (Å²) >= 11 is 0. The summed E-state index contributed by atoms with van der Waals surface area (Å²) in [5.74, 6) is 0.186. The van der Waals surface area contributed by atoms with E-state index in [1.165, 1.54) is 0 Å². The number of benzene rings is 2. The Labute approximate surface area is 106 Å². The van der Waals surface area contributed by atoms with Gasteiger partial charge in [0.2, 0.25) is 0 Å². The number of hydrogen-bond acceptors (Lipinski definition) is 3. The lowest BCUT2D eigenvalue weighted by Gasteiger charge is -2.09. The molecule has 0 fully saturated rings. The molecule has 0 amide bonds. The highest BCUT2D eigenvalue weighted by atomic mass is 16.3. The molecule has 18 heavy (non-hydrogen) atoms. The highest BCUT2D eigenvalue weighted by Gasteiger charge is 2.06. The number of aliphatic hydroxyl groups is 1. The fourth-order valence-corrected chi connectivity index (χ4v) is 1.68. The van der Waals surface area contributed by atoms with Gasteiger partial charge < -0.3 is 10.2 Å². The number of phenolic OH excluding ortho intramolecular Hbond substituents is 1. The zero-order chi connectivity index (χ0) is 12.8. The summed E-state index contributed by atoms with van der Waals surface area (Å²) in [6.07, 6.45) is 1.59. The van der Waals surface area contributed by atoms with Crippen molar-refractivity contribution < 1.29 is 10.2 Å². The predicted octanol–water partition coefficient (Wildman–Crippen LogP) is 2.54. The zero-order valence-electron chi connectivity index (χ0n) is 9.90. The van der Waals surface area contributed by atoms with Gasteiger partial charge in [0.05, 0.1) is 12.6 Å². The van der Waals surface area contributed by atoms with Gasteiger partial charge in [0.1, 0.15) is 5.75 Å². The first-order valence-corrected chi connectivity index (χ1v) is 5.78. The number of aromatic hydroxyl groups is 1. The van der Waals surface area contributed by atoms with Crippen molar-refractivity contribution in [2.24, 2.45) is 4.99 Å². The van der Waals surface area contributed by atoms with E-state index in [0.29, 0.717) is 5.56 Å². The van der Waals surface area contributed by atoms with Crippen LogP contribution in [0.15, 0.2) is 59.6 Å². The summed E-state index contributed by atoms with van der Waals surface area (Å²) in [5, 5.41) is 19.0. The zero-order valence-corrected chi connectivity index (χ0v) is 9.90. The minimum Gasteiger partial charge on any atom is -0.507 e. The van der Waals surface area contributed by atoms with E-state index >= 15 is 0 Å². The predicted molar refractivity (Wildman–Crippen MR) is 72.0 cm³/mol. The van der Waals surface area contributed by atoms with Crippen LogP contribution in [0.2, 0.25) is 0 Å². The molecule has 0 unspecified atom stereocenters. The fraction of sp³-hybridized carbons (Fsp3) is 0.133. The van der Waals surface area contributed by atoms with Crippen LogP contribution in [0.5, 0.6) is 5.75 Å². The Hall–Kier alpha value is -2.13. The van der Waals surface area contributed by atoms with Crippen molar-refractivity contribution in [3.8, 4) is 5.75 Å². The normalized spacial score (nSPS) is 12.7. The second-order valence-electron chi connectivity index (χ2n) is 3.95. The third-order valence-corrected chi connectivity index (χ3v) is 2.69. The molecule has 0 spiro atoms. The molecule has 2 N–H and O–H groups in total. The molecule has 0 bridgehead atoms. The molecule has 0 heterocycles. The molecule has 1 atom stereocenters. The van der Waals surface area contributed by atoms with Gasteiger partial charge in [-0.1, -0.05) is 42.5 Å². The van der Waals surface area contributed by atoms with Crippen molar-refractivity contribution in [1.29, 1.82) is 0 Å². The molecule has 2 aromatic rings. The van der Waals surface area contributed by atoms with Crippen LogP contribution in [0.3, 0.4) is 0 Å². The first-order chi connectivity index (χ1) is 8.81. The molecule has 0 radical (unpaired) electrons. The van der Waals surface area contributed by atoms with Crippen LogP contribution < -0.4 is 0 Å². The van der Waals surface area contributed by atoms with Crippen LogP contribution >= 0.6 is 0 Å². The molecule has 0 aliphatic rings. The molecule has 0 aliphatic carbocycles. The number of nitrogens with zero attached hydrogens (tertiary/aromatic N) is 1. The van der Waals surface area contributed by atoms with E-state index in [0.717, 1.165) is 5.56 Å². The summed E-state index contributed by atoms with van der Waals surface area (Å²) in [4.78, 5) is 4.31. The average molecular weight is 241 g/mol. The molecular weight excluding hydrogens is 226 g/mol. The highest BCUT2D eigenvalue weighted by molar-refractivity contribution is 5.83. The summed E-state index contributed by atoms with van der Waals surface area (Å²) < 4.78 is 0. The minimum atomic E-state index is -0.300. The lowest BCUT2D eigenvalue weighted by molar-refractivity contribution is 0.269. The largest absolute Gasteiger partial charge is 0.507 e. The Morgan fingerprint density at radius 1 is 1.00 bits per heavy atom. The molecule has 0 aromatic heterocycles. The number of aliphatic hydroxyl groups excluding tert-OH is 1. The maximum atomic E-state index is 9.61. The van der Waals surface area contributed by atoms with Gasteiger partial charge in [-0.05, 0) is 17.7 Å². The lowest BCUT2D eigenvalue weighted by atomic mass is 10.1. The quantitative estimate of drug-likeness (QED) is 0.808. The topological polar surface area (TPSA) is 52.8 Å². The number of aliphatic imine (C=N–C) groups is 1. The summed E-state index contributed by atoms with van der Waals surface area (Å²) in [6, 6.07) is 16.3. The maximum absolute atomic E-state index is 9.61. The molecule has 92 valence electrons. The van der Waals surface area contributed by atoms with E-state index in [4.69, 9.17) is 0 Å². The van der Waals surface area contributed by atoms with E-state index in [2.05, 4.69) is 4.99 Å².